The Bertz CT molecular complexity index is 1290. The predicted octanol–water partition coefficient (Wildman–Crippen LogP) is 2.87. The number of rotatable bonds is 3. The fourth-order valence-corrected chi connectivity index (χ4v) is 4.12. The van der Waals surface area contributed by atoms with Gasteiger partial charge in [0.2, 0.25) is 4.96 Å². The zero-order chi connectivity index (χ0) is 19.0. The van der Waals surface area contributed by atoms with E-state index in [1.54, 1.807) is 4.40 Å². The van der Waals surface area contributed by atoms with Gasteiger partial charge in [-0.2, -0.15) is 4.98 Å². The molecule has 0 saturated carbocycles. The summed E-state index contributed by atoms with van der Waals surface area (Å²) in [6.07, 6.45) is 2.32. The van der Waals surface area contributed by atoms with E-state index in [4.69, 9.17) is 0 Å². The van der Waals surface area contributed by atoms with E-state index in [1.165, 1.54) is 16.9 Å². The molecule has 2 aromatic carbocycles. The molecular weight excluding hydrogens is 356 g/mol. The van der Waals surface area contributed by atoms with Gasteiger partial charge in [-0.25, -0.2) is 0 Å². The minimum Gasteiger partial charge on any atom is -0.267 e. The molecule has 0 aliphatic carbocycles. The molecule has 0 aliphatic heterocycles. The van der Waals surface area contributed by atoms with Crippen LogP contribution in [0, 0.1) is 13.8 Å². The normalized spacial score (nSPS) is 12.0. The summed E-state index contributed by atoms with van der Waals surface area (Å²) in [6, 6.07) is 17.7. The summed E-state index contributed by atoms with van der Waals surface area (Å²) in [5.41, 5.74) is 3.98. The van der Waals surface area contributed by atoms with Gasteiger partial charge in [-0.1, -0.05) is 71.5 Å². The number of thiazole rings is 1. The lowest BCUT2D eigenvalue weighted by Gasteiger charge is -2.06. The number of hydrogen-bond acceptors (Lipinski definition) is 4. The number of nitrogens with zero attached hydrogens (tertiary/aromatic N) is 2. The summed E-state index contributed by atoms with van der Waals surface area (Å²) < 4.78 is 2.13. The van der Waals surface area contributed by atoms with Crippen LogP contribution in [0.25, 0.3) is 11.0 Å². The maximum absolute atomic E-state index is 12.9. The second kappa shape index (κ2) is 6.93. The molecule has 27 heavy (non-hydrogen) atoms. The van der Waals surface area contributed by atoms with Crippen molar-refractivity contribution in [1.29, 1.82) is 0 Å². The van der Waals surface area contributed by atoms with Gasteiger partial charge in [0.05, 0.1) is 4.53 Å². The van der Waals surface area contributed by atoms with Gasteiger partial charge in [0.1, 0.15) is 0 Å². The van der Waals surface area contributed by atoms with Crippen molar-refractivity contribution < 1.29 is 0 Å². The lowest BCUT2D eigenvalue weighted by molar-refractivity contribution is 0.940. The topological polar surface area (TPSA) is 51.4 Å². The van der Waals surface area contributed by atoms with Crippen LogP contribution in [-0.4, -0.2) is 9.38 Å². The van der Waals surface area contributed by atoms with Crippen LogP contribution in [0.15, 0.2) is 64.2 Å². The van der Waals surface area contributed by atoms with Crippen molar-refractivity contribution in [2.24, 2.45) is 0 Å². The summed E-state index contributed by atoms with van der Waals surface area (Å²) >= 11 is 1.25. The Kier molecular flexibility index (Phi) is 4.46. The van der Waals surface area contributed by atoms with Crippen molar-refractivity contribution in [3.63, 3.8) is 0 Å². The zero-order valence-electron chi connectivity index (χ0n) is 15.1. The van der Waals surface area contributed by atoms with Gasteiger partial charge >= 0.3 is 0 Å². The number of hydrogen-bond donors (Lipinski definition) is 0. The van der Waals surface area contributed by atoms with E-state index in [9.17, 15) is 9.59 Å². The molecule has 0 amide bonds. The van der Waals surface area contributed by atoms with Crippen LogP contribution in [0.4, 0.5) is 0 Å². The Morgan fingerprint density at radius 3 is 2.41 bits per heavy atom. The highest BCUT2D eigenvalue weighted by molar-refractivity contribution is 7.15. The maximum atomic E-state index is 12.9. The second-order valence-electron chi connectivity index (χ2n) is 6.59. The van der Waals surface area contributed by atoms with Crippen LogP contribution < -0.4 is 15.7 Å². The molecule has 0 saturated heterocycles. The van der Waals surface area contributed by atoms with Crippen molar-refractivity contribution >= 4 is 22.4 Å². The van der Waals surface area contributed by atoms with Crippen molar-refractivity contribution in [1.82, 2.24) is 9.38 Å². The average Bonchev–Trinajstić information content (AvgIpc) is 2.97. The molecule has 0 unspecified atom stereocenters. The molecule has 4 rings (SSSR count). The van der Waals surface area contributed by atoms with Crippen molar-refractivity contribution in [3.8, 4) is 0 Å². The molecule has 4 aromatic rings. The Labute approximate surface area is 160 Å². The van der Waals surface area contributed by atoms with E-state index >= 15 is 0 Å². The summed E-state index contributed by atoms with van der Waals surface area (Å²) in [7, 11) is 0. The van der Waals surface area contributed by atoms with Crippen LogP contribution >= 0.6 is 11.3 Å². The van der Waals surface area contributed by atoms with Crippen molar-refractivity contribution in [3.05, 3.63) is 108 Å². The Morgan fingerprint density at radius 1 is 1.00 bits per heavy atom. The molecule has 134 valence electrons. The van der Waals surface area contributed by atoms with Crippen LogP contribution in [0.5, 0.6) is 0 Å². The lowest BCUT2D eigenvalue weighted by Crippen LogP contribution is -2.27. The highest BCUT2D eigenvalue weighted by atomic mass is 32.1. The molecule has 0 atom stereocenters. The summed E-state index contributed by atoms with van der Waals surface area (Å²) in [5.74, 6) is 0. The average molecular weight is 374 g/mol. The second-order valence-corrected chi connectivity index (χ2v) is 7.60. The first-order valence-electron chi connectivity index (χ1n) is 8.70. The summed E-state index contributed by atoms with van der Waals surface area (Å²) in [6.45, 7) is 3.84. The monoisotopic (exact) mass is 374 g/mol. The van der Waals surface area contributed by atoms with E-state index in [-0.39, 0.29) is 11.1 Å². The predicted molar refractivity (Wildman–Crippen MR) is 110 cm³/mol. The molecule has 2 aromatic heterocycles. The molecular formula is C22H18N2O2S. The number of aryl methyl sites for hydroxylation is 2. The standard InChI is InChI=1S/C22H18N2O2S/c1-14-8-10-17(11-9-14)13-19-21(26)24-15(2)18(20(25)23-22(24)27-19)12-16-6-4-3-5-7-16/h3-11,13H,12H2,1-2H3/b19-13+. The molecule has 2 heterocycles. The largest absolute Gasteiger partial charge is 0.277 e. The molecule has 0 spiro atoms. The first-order chi connectivity index (χ1) is 13.0. The van der Waals surface area contributed by atoms with E-state index < -0.39 is 0 Å². The van der Waals surface area contributed by atoms with Gasteiger partial charge in [0, 0.05) is 17.7 Å². The Hall–Kier alpha value is -3.05. The van der Waals surface area contributed by atoms with Crippen molar-refractivity contribution in [2.75, 3.05) is 0 Å². The van der Waals surface area contributed by atoms with Crippen LogP contribution in [0.2, 0.25) is 0 Å². The van der Waals surface area contributed by atoms with Gasteiger partial charge in [-0.05, 0) is 31.1 Å². The molecule has 0 radical (unpaired) electrons. The van der Waals surface area contributed by atoms with Gasteiger partial charge in [0.25, 0.3) is 11.1 Å². The first kappa shape index (κ1) is 17.4. The minimum atomic E-state index is -0.264. The first-order valence-corrected chi connectivity index (χ1v) is 9.52. The fourth-order valence-electron chi connectivity index (χ4n) is 3.11. The van der Waals surface area contributed by atoms with Gasteiger partial charge in [-0.3, -0.25) is 14.0 Å². The molecule has 5 heteroatoms. The molecule has 0 aliphatic rings. The summed E-state index contributed by atoms with van der Waals surface area (Å²) in [5, 5.41) is 0. The zero-order valence-corrected chi connectivity index (χ0v) is 15.9. The van der Waals surface area contributed by atoms with Gasteiger partial charge in [-0.15, -0.1) is 0 Å². The lowest BCUT2D eigenvalue weighted by atomic mass is 10.1. The van der Waals surface area contributed by atoms with Crippen LogP contribution in [-0.2, 0) is 6.42 Å². The summed E-state index contributed by atoms with van der Waals surface area (Å²) in [4.78, 5) is 30.1. The third kappa shape index (κ3) is 3.34. The highest BCUT2D eigenvalue weighted by Gasteiger charge is 2.14. The quantitative estimate of drug-likeness (QED) is 0.554. The molecule has 0 bridgehead atoms. The van der Waals surface area contributed by atoms with Crippen molar-refractivity contribution in [2.45, 2.75) is 20.3 Å². The molecule has 0 fully saturated rings. The van der Waals surface area contributed by atoms with E-state index in [2.05, 4.69) is 4.98 Å². The Morgan fingerprint density at radius 2 is 1.70 bits per heavy atom. The third-order valence-electron chi connectivity index (χ3n) is 4.63. The maximum Gasteiger partial charge on any atom is 0.277 e. The van der Waals surface area contributed by atoms with E-state index in [0.717, 1.165) is 11.1 Å². The number of aromatic nitrogens is 2. The third-order valence-corrected chi connectivity index (χ3v) is 5.60. The Balaban J connectivity index is 1.88. The SMILES string of the molecule is Cc1ccc(/C=c2/sc3nc(=O)c(Cc4ccccc4)c(C)n3c2=O)cc1. The smallest absolute Gasteiger partial charge is 0.267 e. The van der Waals surface area contributed by atoms with Gasteiger partial charge in [0.15, 0.2) is 0 Å². The van der Waals surface area contributed by atoms with Crippen LogP contribution in [0.3, 0.4) is 0 Å². The highest BCUT2D eigenvalue weighted by Crippen LogP contribution is 2.12. The molecule has 4 nitrogen and oxygen atoms in total. The minimum absolute atomic E-state index is 0.130. The number of fused-ring (bicyclic) bond motifs is 1. The van der Waals surface area contributed by atoms with E-state index in [0.29, 0.717) is 27.2 Å². The number of benzene rings is 2. The fraction of sp³-hybridized carbons (Fsp3) is 0.136. The van der Waals surface area contributed by atoms with Gasteiger partial charge < -0.3 is 0 Å². The molecule has 0 N–H and O–H groups in total. The van der Waals surface area contributed by atoms with E-state index in [1.807, 2.05) is 74.5 Å². The van der Waals surface area contributed by atoms with Crippen LogP contribution in [0.1, 0.15) is 27.9 Å².